The van der Waals surface area contributed by atoms with Crippen molar-refractivity contribution in [3.05, 3.63) is 0 Å². The maximum atomic E-state index is 12.8. The standard InChI is InChI=1S/C9H17FO2/c1-3-7(11)5-6-8(10)9(12)4-2/h7-8,11H,3-6H2,1-2H3. The van der Waals surface area contributed by atoms with Crippen LogP contribution in [0.3, 0.4) is 0 Å². The predicted octanol–water partition coefficient (Wildman–Crippen LogP) is 1.85. The zero-order valence-electron chi connectivity index (χ0n) is 7.72. The molecule has 0 aliphatic heterocycles. The predicted molar refractivity (Wildman–Crippen MR) is 45.7 cm³/mol. The van der Waals surface area contributed by atoms with E-state index in [0.717, 1.165) is 0 Å². The van der Waals surface area contributed by atoms with E-state index in [0.29, 0.717) is 12.8 Å². The Labute approximate surface area is 72.8 Å². The second-order valence-electron chi connectivity index (χ2n) is 2.93. The van der Waals surface area contributed by atoms with Crippen molar-refractivity contribution in [3.8, 4) is 0 Å². The highest BCUT2D eigenvalue weighted by molar-refractivity contribution is 5.82. The van der Waals surface area contributed by atoms with E-state index in [1.54, 1.807) is 6.92 Å². The number of aliphatic hydroxyl groups is 1. The molecule has 0 rings (SSSR count). The Morgan fingerprint density at radius 2 is 2.00 bits per heavy atom. The summed E-state index contributed by atoms with van der Waals surface area (Å²) in [5.74, 6) is -0.363. The lowest BCUT2D eigenvalue weighted by molar-refractivity contribution is -0.123. The summed E-state index contributed by atoms with van der Waals surface area (Å²) in [5.41, 5.74) is 0. The van der Waals surface area contributed by atoms with Crippen molar-refractivity contribution in [1.82, 2.24) is 0 Å². The summed E-state index contributed by atoms with van der Waals surface area (Å²) in [7, 11) is 0. The highest BCUT2D eigenvalue weighted by Crippen LogP contribution is 2.09. The average Bonchev–Trinajstić information content (AvgIpc) is 2.11. The lowest BCUT2D eigenvalue weighted by Gasteiger charge is -2.09. The van der Waals surface area contributed by atoms with Crippen LogP contribution in [0.25, 0.3) is 0 Å². The van der Waals surface area contributed by atoms with Crippen LogP contribution in [0.5, 0.6) is 0 Å². The molecule has 2 unspecified atom stereocenters. The number of hydrogen-bond acceptors (Lipinski definition) is 2. The van der Waals surface area contributed by atoms with Gasteiger partial charge in [-0.2, -0.15) is 0 Å². The van der Waals surface area contributed by atoms with Crippen LogP contribution in [0.4, 0.5) is 4.39 Å². The summed E-state index contributed by atoms with van der Waals surface area (Å²) in [6.07, 6.45) is -0.453. The van der Waals surface area contributed by atoms with Gasteiger partial charge < -0.3 is 5.11 Å². The molecule has 0 aromatic rings. The maximum absolute atomic E-state index is 12.8. The fourth-order valence-corrected chi connectivity index (χ4v) is 0.925. The van der Waals surface area contributed by atoms with Gasteiger partial charge in [-0.25, -0.2) is 4.39 Å². The van der Waals surface area contributed by atoms with Gasteiger partial charge in [0.25, 0.3) is 0 Å². The Hall–Kier alpha value is -0.440. The molecule has 0 amide bonds. The van der Waals surface area contributed by atoms with E-state index in [-0.39, 0.29) is 18.6 Å². The van der Waals surface area contributed by atoms with Gasteiger partial charge in [0.05, 0.1) is 6.10 Å². The normalized spacial score (nSPS) is 15.7. The van der Waals surface area contributed by atoms with Gasteiger partial charge in [-0.3, -0.25) is 4.79 Å². The van der Waals surface area contributed by atoms with Gasteiger partial charge in [-0.1, -0.05) is 13.8 Å². The van der Waals surface area contributed by atoms with E-state index >= 15 is 0 Å². The monoisotopic (exact) mass is 176 g/mol. The van der Waals surface area contributed by atoms with Crippen molar-refractivity contribution in [2.24, 2.45) is 0 Å². The third-order valence-electron chi connectivity index (χ3n) is 1.92. The number of aliphatic hydroxyl groups excluding tert-OH is 1. The van der Waals surface area contributed by atoms with Gasteiger partial charge in [0.1, 0.15) is 0 Å². The van der Waals surface area contributed by atoms with Crippen molar-refractivity contribution >= 4 is 5.78 Å². The number of hydrogen-bond donors (Lipinski definition) is 1. The molecule has 0 fully saturated rings. The molecule has 0 saturated carbocycles. The van der Waals surface area contributed by atoms with Gasteiger partial charge >= 0.3 is 0 Å². The first-order valence-corrected chi connectivity index (χ1v) is 4.46. The van der Waals surface area contributed by atoms with Crippen LogP contribution in [-0.2, 0) is 4.79 Å². The Bertz CT molecular complexity index is 136. The van der Waals surface area contributed by atoms with E-state index in [2.05, 4.69) is 0 Å². The highest BCUT2D eigenvalue weighted by atomic mass is 19.1. The number of alkyl halides is 1. The molecule has 0 heterocycles. The minimum atomic E-state index is -1.38. The highest BCUT2D eigenvalue weighted by Gasteiger charge is 2.15. The molecule has 12 heavy (non-hydrogen) atoms. The minimum Gasteiger partial charge on any atom is -0.393 e. The molecule has 1 N–H and O–H groups in total. The SMILES string of the molecule is CCC(=O)C(F)CCC(O)CC. The van der Waals surface area contributed by atoms with Crippen molar-refractivity contribution in [2.75, 3.05) is 0 Å². The molecular formula is C9H17FO2. The number of carbonyl (C=O) groups is 1. The van der Waals surface area contributed by atoms with Crippen LogP contribution in [0.15, 0.2) is 0 Å². The first-order valence-electron chi connectivity index (χ1n) is 4.46. The lowest BCUT2D eigenvalue weighted by Crippen LogP contribution is -2.17. The maximum Gasteiger partial charge on any atom is 0.166 e. The Balaban J connectivity index is 3.56. The van der Waals surface area contributed by atoms with Crippen LogP contribution < -0.4 is 0 Å². The van der Waals surface area contributed by atoms with Gasteiger partial charge in [-0.05, 0) is 19.3 Å². The third kappa shape index (κ3) is 4.44. The molecule has 3 heteroatoms. The summed E-state index contributed by atoms with van der Waals surface area (Å²) < 4.78 is 12.8. The van der Waals surface area contributed by atoms with E-state index in [9.17, 15) is 9.18 Å². The van der Waals surface area contributed by atoms with Crippen molar-refractivity contribution < 1.29 is 14.3 Å². The van der Waals surface area contributed by atoms with E-state index < -0.39 is 12.3 Å². The molecule has 0 spiro atoms. The number of carbonyl (C=O) groups excluding carboxylic acids is 1. The second-order valence-corrected chi connectivity index (χ2v) is 2.93. The summed E-state index contributed by atoms with van der Waals surface area (Å²) in [4.78, 5) is 10.8. The number of halogens is 1. The lowest BCUT2D eigenvalue weighted by atomic mass is 10.1. The van der Waals surface area contributed by atoms with E-state index in [1.165, 1.54) is 0 Å². The third-order valence-corrected chi connectivity index (χ3v) is 1.92. The Morgan fingerprint density at radius 1 is 1.42 bits per heavy atom. The topological polar surface area (TPSA) is 37.3 Å². The number of rotatable bonds is 6. The summed E-state index contributed by atoms with van der Waals surface area (Å²) >= 11 is 0. The molecule has 0 aromatic carbocycles. The van der Waals surface area contributed by atoms with Gasteiger partial charge in [0, 0.05) is 6.42 Å². The average molecular weight is 176 g/mol. The van der Waals surface area contributed by atoms with Crippen LogP contribution in [0, 0.1) is 0 Å². The Kier molecular flexibility index (Phi) is 5.89. The van der Waals surface area contributed by atoms with Gasteiger partial charge in [0.15, 0.2) is 12.0 Å². The van der Waals surface area contributed by atoms with Crippen molar-refractivity contribution in [2.45, 2.75) is 51.8 Å². The molecule has 0 saturated heterocycles. The van der Waals surface area contributed by atoms with Gasteiger partial charge in [-0.15, -0.1) is 0 Å². The molecule has 0 bridgehead atoms. The first kappa shape index (κ1) is 11.6. The van der Waals surface area contributed by atoms with E-state index in [1.807, 2.05) is 6.92 Å². The van der Waals surface area contributed by atoms with Crippen molar-refractivity contribution in [3.63, 3.8) is 0 Å². The summed E-state index contributed by atoms with van der Waals surface area (Å²) in [6, 6.07) is 0. The van der Waals surface area contributed by atoms with Crippen LogP contribution in [-0.4, -0.2) is 23.2 Å². The number of ketones is 1. The summed E-state index contributed by atoms with van der Waals surface area (Å²) in [5, 5.41) is 9.08. The fourth-order valence-electron chi connectivity index (χ4n) is 0.925. The molecule has 0 radical (unpaired) electrons. The molecule has 2 atom stereocenters. The molecule has 0 aliphatic carbocycles. The fraction of sp³-hybridized carbons (Fsp3) is 0.889. The first-order chi connectivity index (χ1) is 5.61. The van der Waals surface area contributed by atoms with Gasteiger partial charge in [0.2, 0.25) is 0 Å². The molecule has 0 aromatic heterocycles. The van der Waals surface area contributed by atoms with Crippen LogP contribution in [0.2, 0.25) is 0 Å². The summed E-state index contributed by atoms with van der Waals surface area (Å²) in [6.45, 7) is 3.48. The minimum absolute atomic E-state index is 0.154. The molecule has 2 nitrogen and oxygen atoms in total. The molecular weight excluding hydrogens is 159 g/mol. The Morgan fingerprint density at radius 3 is 2.42 bits per heavy atom. The van der Waals surface area contributed by atoms with Crippen LogP contribution in [0.1, 0.15) is 39.5 Å². The zero-order valence-corrected chi connectivity index (χ0v) is 7.72. The van der Waals surface area contributed by atoms with Crippen LogP contribution >= 0.6 is 0 Å². The number of Topliss-reactive ketones (excluding diaryl/α,β-unsaturated/α-hetero) is 1. The zero-order chi connectivity index (χ0) is 9.56. The molecule has 72 valence electrons. The quantitative estimate of drug-likeness (QED) is 0.670. The largest absolute Gasteiger partial charge is 0.393 e. The van der Waals surface area contributed by atoms with Crippen molar-refractivity contribution in [1.29, 1.82) is 0 Å². The second kappa shape index (κ2) is 6.12. The molecule has 0 aliphatic rings. The smallest absolute Gasteiger partial charge is 0.166 e. The van der Waals surface area contributed by atoms with E-state index in [4.69, 9.17) is 5.11 Å².